The average molecular weight is 285 g/mol. The lowest BCUT2D eigenvalue weighted by Crippen LogP contribution is -2.08. The highest BCUT2D eigenvalue weighted by molar-refractivity contribution is 5.56. The fraction of sp³-hybridized carbons (Fsp3) is 0.333. The molecule has 0 saturated carbocycles. The van der Waals surface area contributed by atoms with Gasteiger partial charge >= 0.3 is 0 Å². The third-order valence-corrected chi connectivity index (χ3v) is 3.07. The molecule has 0 atom stereocenters. The van der Waals surface area contributed by atoms with E-state index in [2.05, 4.69) is 29.6 Å². The molecule has 0 saturated heterocycles. The molecule has 0 unspecified atom stereocenters. The Bertz CT molecular complexity index is 549. The highest BCUT2D eigenvalue weighted by Gasteiger charge is 2.04. The quantitative estimate of drug-likeness (QED) is 0.825. The Labute approximate surface area is 126 Å². The lowest BCUT2D eigenvalue weighted by atomic mass is 10.1. The van der Waals surface area contributed by atoms with Gasteiger partial charge in [0.25, 0.3) is 0 Å². The molecule has 0 radical (unpaired) electrons. The van der Waals surface area contributed by atoms with Crippen LogP contribution in [-0.4, -0.2) is 13.2 Å². The number of benzene rings is 2. The largest absolute Gasteiger partial charge is 0.489 e. The molecular weight excluding hydrogens is 262 g/mol. The van der Waals surface area contributed by atoms with E-state index in [1.165, 1.54) is 11.1 Å². The van der Waals surface area contributed by atoms with Crippen LogP contribution >= 0.6 is 0 Å². The van der Waals surface area contributed by atoms with Gasteiger partial charge in [-0.15, -0.1) is 0 Å². The number of rotatable bonds is 7. The molecule has 0 amide bonds. The number of hydrogen-bond donors (Lipinski definition) is 1. The minimum atomic E-state index is 0.168. The van der Waals surface area contributed by atoms with Gasteiger partial charge in [0.15, 0.2) is 0 Å². The first kappa shape index (κ1) is 15.4. The van der Waals surface area contributed by atoms with Gasteiger partial charge in [-0.3, -0.25) is 0 Å². The SMILES string of the molecule is COCc1ccc(CNc2ccccc2OC(C)C)cc1. The molecule has 0 aliphatic heterocycles. The van der Waals surface area contributed by atoms with Crippen LogP contribution in [0.3, 0.4) is 0 Å². The van der Waals surface area contributed by atoms with Crippen LogP contribution in [0.5, 0.6) is 5.75 Å². The van der Waals surface area contributed by atoms with Gasteiger partial charge in [0.1, 0.15) is 5.75 Å². The van der Waals surface area contributed by atoms with Crippen molar-refractivity contribution in [3.8, 4) is 5.75 Å². The van der Waals surface area contributed by atoms with Crippen molar-refractivity contribution in [3.05, 3.63) is 59.7 Å². The maximum Gasteiger partial charge on any atom is 0.142 e. The van der Waals surface area contributed by atoms with Crippen LogP contribution in [-0.2, 0) is 17.9 Å². The van der Waals surface area contributed by atoms with Crippen LogP contribution in [0, 0.1) is 0 Å². The third kappa shape index (κ3) is 4.80. The van der Waals surface area contributed by atoms with E-state index >= 15 is 0 Å². The monoisotopic (exact) mass is 285 g/mol. The number of ether oxygens (including phenoxy) is 2. The molecule has 0 fully saturated rings. The molecule has 2 aromatic rings. The molecule has 0 bridgehead atoms. The zero-order chi connectivity index (χ0) is 15.1. The summed E-state index contributed by atoms with van der Waals surface area (Å²) in [6.07, 6.45) is 0.168. The molecule has 3 nitrogen and oxygen atoms in total. The second-order valence-electron chi connectivity index (χ2n) is 5.27. The van der Waals surface area contributed by atoms with Crippen LogP contribution in [0.1, 0.15) is 25.0 Å². The van der Waals surface area contributed by atoms with Gasteiger partial charge in [0, 0.05) is 13.7 Å². The molecule has 112 valence electrons. The first-order valence-corrected chi connectivity index (χ1v) is 7.25. The highest BCUT2D eigenvalue weighted by Crippen LogP contribution is 2.25. The second kappa shape index (κ2) is 7.70. The van der Waals surface area contributed by atoms with Crippen molar-refractivity contribution in [2.45, 2.75) is 33.1 Å². The summed E-state index contributed by atoms with van der Waals surface area (Å²) in [5.41, 5.74) is 3.44. The van der Waals surface area contributed by atoms with Crippen LogP contribution in [0.4, 0.5) is 5.69 Å². The fourth-order valence-electron chi connectivity index (χ4n) is 2.09. The van der Waals surface area contributed by atoms with Crippen LogP contribution < -0.4 is 10.1 Å². The summed E-state index contributed by atoms with van der Waals surface area (Å²) in [4.78, 5) is 0. The minimum Gasteiger partial charge on any atom is -0.489 e. The molecule has 0 aliphatic carbocycles. The maximum atomic E-state index is 5.81. The molecule has 3 heteroatoms. The summed E-state index contributed by atoms with van der Waals surface area (Å²) < 4.78 is 10.9. The van der Waals surface area contributed by atoms with Gasteiger partial charge < -0.3 is 14.8 Å². The Morgan fingerprint density at radius 3 is 2.29 bits per heavy atom. The van der Waals surface area contributed by atoms with E-state index in [4.69, 9.17) is 9.47 Å². The number of hydrogen-bond acceptors (Lipinski definition) is 3. The van der Waals surface area contributed by atoms with Crippen LogP contribution in [0.2, 0.25) is 0 Å². The summed E-state index contributed by atoms with van der Waals surface area (Å²) in [5.74, 6) is 0.892. The van der Waals surface area contributed by atoms with Gasteiger partial charge in [-0.25, -0.2) is 0 Å². The summed E-state index contributed by atoms with van der Waals surface area (Å²) in [7, 11) is 1.71. The molecule has 0 aromatic heterocycles. The average Bonchev–Trinajstić information content (AvgIpc) is 2.48. The van der Waals surface area contributed by atoms with Crippen LogP contribution in [0.15, 0.2) is 48.5 Å². The van der Waals surface area contributed by atoms with Crippen molar-refractivity contribution in [1.29, 1.82) is 0 Å². The van der Waals surface area contributed by atoms with E-state index in [1.54, 1.807) is 7.11 Å². The fourth-order valence-corrected chi connectivity index (χ4v) is 2.09. The van der Waals surface area contributed by atoms with Gasteiger partial charge in [-0.1, -0.05) is 36.4 Å². The Morgan fingerprint density at radius 1 is 0.952 bits per heavy atom. The van der Waals surface area contributed by atoms with Gasteiger partial charge in [0.05, 0.1) is 18.4 Å². The number of methoxy groups -OCH3 is 1. The summed E-state index contributed by atoms with van der Waals surface area (Å²) in [6.45, 7) is 5.49. The predicted octanol–water partition coefficient (Wildman–Crippen LogP) is 4.23. The molecule has 1 N–H and O–H groups in total. The first-order chi connectivity index (χ1) is 10.2. The summed E-state index contributed by atoms with van der Waals surface area (Å²) in [5, 5.41) is 3.43. The van der Waals surface area contributed by atoms with Crippen molar-refractivity contribution in [3.63, 3.8) is 0 Å². The molecule has 0 heterocycles. The number of anilines is 1. The smallest absolute Gasteiger partial charge is 0.142 e. The summed E-state index contributed by atoms with van der Waals surface area (Å²) in [6, 6.07) is 16.5. The van der Waals surface area contributed by atoms with Crippen molar-refractivity contribution in [2.24, 2.45) is 0 Å². The van der Waals surface area contributed by atoms with Crippen molar-refractivity contribution < 1.29 is 9.47 Å². The van der Waals surface area contributed by atoms with E-state index in [9.17, 15) is 0 Å². The molecule has 0 spiro atoms. The van der Waals surface area contributed by atoms with Gasteiger partial charge in [-0.2, -0.15) is 0 Å². The highest BCUT2D eigenvalue weighted by atomic mass is 16.5. The second-order valence-corrected chi connectivity index (χ2v) is 5.27. The van der Waals surface area contributed by atoms with E-state index in [0.29, 0.717) is 6.61 Å². The summed E-state index contributed by atoms with van der Waals surface area (Å²) >= 11 is 0. The van der Waals surface area contributed by atoms with Crippen molar-refractivity contribution in [2.75, 3.05) is 12.4 Å². The Balaban J connectivity index is 1.99. The van der Waals surface area contributed by atoms with Crippen molar-refractivity contribution >= 4 is 5.69 Å². The Hall–Kier alpha value is -2.00. The lowest BCUT2D eigenvalue weighted by molar-refractivity contribution is 0.185. The standard InChI is InChI=1S/C18H23NO2/c1-14(2)21-18-7-5-4-6-17(18)19-12-15-8-10-16(11-9-15)13-20-3/h4-11,14,19H,12-13H2,1-3H3. The minimum absolute atomic E-state index is 0.168. The predicted molar refractivity (Wildman–Crippen MR) is 86.7 cm³/mol. The number of nitrogens with one attached hydrogen (secondary N) is 1. The molecule has 2 aromatic carbocycles. The topological polar surface area (TPSA) is 30.5 Å². The van der Waals surface area contributed by atoms with E-state index in [1.807, 2.05) is 38.1 Å². The van der Waals surface area contributed by atoms with E-state index in [-0.39, 0.29) is 6.10 Å². The normalized spacial score (nSPS) is 10.7. The third-order valence-electron chi connectivity index (χ3n) is 3.07. The molecule has 21 heavy (non-hydrogen) atoms. The van der Waals surface area contributed by atoms with Crippen LogP contribution in [0.25, 0.3) is 0 Å². The molecule has 0 aliphatic rings. The Morgan fingerprint density at radius 2 is 1.62 bits per heavy atom. The van der Waals surface area contributed by atoms with E-state index in [0.717, 1.165) is 18.0 Å². The Kier molecular flexibility index (Phi) is 5.64. The van der Waals surface area contributed by atoms with E-state index < -0.39 is 0 Å². The maximum absolute atomic E-state index is 5.81. The molecular formula is C18H23NO2. The molecule has 2 rings (SSSR count). The first-order valence-electron chi connectivity index (χ1n) is 7.25. The lowest BCUT2D eigenvalue weighted by Gasteiger charge is -2.15. The number of para-hydroxylation sites is 2. The van der Waals surface area contributed by atoms with Gasteiger partial charge in [-0.05, 0) is 37.1 Å². The van der Waals surface area contributed by atoms with Crippen molar-refractivity contribution in [1.82, 2.24) is 0 Å². The van der Waals surface area contributed by atoms with Gasteiger partial charge in [0.2, 0.25) is 0 Å². The zero-order valence-corrected chi connectivity index (χ0v) is 12.9. The zero-order valence-electron chi connectivity index (χ0n) is 12.9.